The smallest absolute Gasteiger partial charge is 0.250 e. The highest BCUT2D eigenvalue weighted by molar-refractivity contribution is 8.03. The van der Waals surface area contributed by atoms with E-state index in [9.17, 15) is 9.90 Å². The lowest BCUT2D eigenvalue weighted by Gasteiger charge is -1.99. The fraction of sp³-hybridized carbons (Fsp3) is 0.158. The number of carbonyl (C=O) groups excluding carboxylic acids is 1. The van der Waals surface area contributed by atoms with Crippen molar-refractivity contribution < 1.29 is 9.90 Å². The molecule has 28 heavy (non-hydrogen) atoms. The lowest BCUT2D eigenvalue weighted by Crippen LogP contribution is -2.19. The van der Waals surface area contributed by atoms with E-state index in [0.717, 1.165) is 14.4 Å². The van der Waals surface area contributed by atoms with E-state index in [-0.39, 0.29) is 17.4 Å². The van der Waals surface area contributed by atoms with Crippen molar-refractivity contribution in [1.29, 1.82) is 0 Å². The van der Waals surface area contributed by atoms with Crippen LogP contribution in [0.15, 0.2) is 62.3 Å². The third kappa shape index (κ3) is 6.66. The number of benzene rings is 2. The normalized spacial score (nSPS) is 11.0. The van der Waals surface area contributed by atoms with Crippen molar-refractivity contribution in [2.24, 2.45) is 5.10 Å². The topological polar surface area (TPSA) is 87.5 Å². The van der Waals surface area contributed by atoms with Gasteiger partial charge in [-0.1, -0.05) is 76.8 Å². The Kier molecular flexibility index (Phi) is 7.46. The number of nitrogens with one attached hydrogen (secondary N) is 1. The Morgan fingerprint density at radius 1 is 1.18 bits per heavy atom. The number of aromatic nitrogens is 2. The molecule has 3 aromatic rings. The van der Waals surface area contributed by atoms with Crippen LogP contribution in [0.25, 0.3) is 0 Å². The number of hydrazone groups is 1. The van der Waals surface area contributed by atoms with Crippen LogP contribution >= 0.6 is 34.9 Å². The zero-order chi connectivity index (χ0) is 19.8. The van der Waals surface area contributed by atoms with Crippen molar-refractivity contribution in [2.45, 2.75) is 21.4 Å². The first-order valence-electron chi connectivity index (χ1n) is 8.34. The molecule has 0 unspecified atom stereocenters. The molecular formula is C19H18N4O2S3. The summed E-state index contributed by atoms with van der Waals surface area (Å²) in [6.07, 6.45) is 1.48. The van der Waals surface area contributed by atoms with Crippen molar-refractivity contribution in [3.8, 4) is 5.75 Å². The lowest BCUT2D eigenvalue weighted by molar-refractivity contribution is -0.118. The van der Waals surface area contributed by atoms with E-state index in [2.05, 4.69) is 51.9 Å². The van der Waals surface area contributed by atoms with Gasteiger partial charge in [-0.15, -0.1) is 10.2 Å². The van der Waals surface area contributed by atoms with E-state index in [1.165, 1.54) is 40.4 Å². The van der Waals surface area contributed by atoms with Crippen molar-refractivity contribution in [2.75, 3.05) is 5.75 Å². The van der Waals surface area contributed by atoms with Crippen molar-refractivity contribution in [3.05, 3.63) is 65.2 Å². The zero-order valence-electron chi connectivity index (χ0n) is 15.0. The minimum Gasteiger partial charge on any atom is -0.508 e. The van der Waals surface area contributed by atoms with Crippen LogP contribution < -0.4 is 5.43 Å². The molecule has 144 valence electrons. The third-order valence-electron chi connectivity index (χ3n) is 3.47. The number of rotatable bonds is 8. The number of hydrogen-bond donors (Lipinski definition) is 2. The highest BCUT2D eigenvalue weighted by atomic mass is 32.2. The van der Waals surface area contributed by atoms with Gasteiger partial charge in [0, 0.05) is 5.75 Å². The molecular weight excluding hydrogens is 412 g/mol. The summed E-state index contributed by atoms with van der Waals surface area (Å²) >= 11 is 4.44. The summed E-state index contributed by atoms with van der Waals surface area (Å²) in [5, 5.41) is 21.5. The quantitative estimate of drug-likeness (QED) is 0.318. The Hall–Kier alpha value is -2.36. The standard InChI is InChI=1S/C19H18N4O2S3/c1-13-5-7-14(8-6-13)11-26-18-22-23-19(28-18)27-12-17(25)21-20-10-15-3-2-4-16(24)9-15/h2-10,24H,11-12H2,1H3,(H,21,25)/b20-10+. The molecule has 0 bridgehead atoms. The largest absolute Gasteiger partial charge is 0.508 e. The van der Waals surface area contributed by atoms with Gasteiger partial charge in [-0.2, -0.15) is 5.10 Å². The molecule has 2 aromatic carbocycles. The Morgan fingerprint density at radius 2 is 1.93 bits per heavy atom. The number of thioether (sulfide) groups is 2. The number of amides is 1. The first kappa shape index (κ1) is 20.4. The number of aromatic hydroxyl groups is 1. The van der Waals surface area contributed by atoms with Crippen molar-refractivity contribution in [3.63, 3.8) is 0 Å². The monoisotopic (exact) mass is 430 g/mol. The van der Waals surface area contributed by atoms with Gasteiger partial charge in [0.25, 0.3) is 5.91 Å². The predicted molar refractivity (Wildman–Crippen MR) is 115 cm³/mol. The Bertz CT molecular complexity index is 958. The molecule has 2 N–H and O–H groups in total. The summed E-state index contributed by atoms with van der Waals surface area (Å²) in [4.78, 5) is 11.9. The van der Waals surface area contributed by atoms with Gasteiger partial charge in [0.15, 0.2) is 8.68 Å². The number of carbonyl (C=O) groups is 1. The molecule has 1 heterocycles. The number of aryl methyl sites for hydroxylation is 1. The Morgan fingerprint density at radius 3 is 2.68 bits per heavy atom. The van der Waals surface area contributed by atoms with Gasteiger partial charge >= 0.3 is 0 Å². The number of phenols is 1. The van der Waals surface area contributed by atoms with Gasteiger partial charge in [-0.05, 0) is 30.2 Å². The van der Waals surface area contributed by atoms with Crippen LogP contribution in [-0.2, 0) is 10.5 Å². The van der Waals surface area contributed by atoms with Gasteiger partial charge in [-0.25, -0.2) is 5.43 Å². The maximum absolute atomic E-state index is 11.9. The molecule has 0 atom stereocenters. The highest BCUT2D eigenvalue weighted by Crippen LogP contribution is 2.30. The van der Waals surface area contributed by atoms with E-state index < -0.39 is 0 Å². The van der Waals surface area contributed by atoms with Gasteiger partial charge in [0.2, 0.25) is 0 Å². The highest BCUT2D eigenvalue weighted by Gasteiger charge is 2.08. The SMILES string of the molecule is Cc1ccc(CSc2nnc(SCC(=O)N/N=C/c3cccc(O)c3)s2)cc1. The summed E-state index contributed by atoms with van der Waals surface area (Å²) in [5.74, 6) is 0.960. The molecule has 0 saturated carbocycles. The average Bonchev–Trinajstić information content (AvgIpc) is 3.14. The fourth-order valence-corrected chi connectivity index (χ4v) is 4.85. The van der Waals surface area contributed by atoms with E-state index in [0.29, 0.717) is 5.56 Å². The van der Waals surface area contributed by atoms with E-state index >= 15 is 0 Å². The van der Waals surface area contributed by atoms with Gasteiger partial charge in [0.05, 0.1) is 12.0 Å². The second-order valence-corrected chi connectivity index (χ2v) is 9.21. The first-order valence-corrected chi connectivity index (χ1v) is 11.1. The maximum atomic E-state index is 11.9. The van der Waals surface area contributed by atoms with E-state index in [4.69, 9.17) is 0 Å². The van der Waals surface area contributed by atoms with Crippen LogP contribution in [-0.4, -0.2) is 33.2 Å². The minimum atomic E-state index is -0.231. The first-order chi connectivity index (χ1) is 13.6. The molecule has 0 saturated heterocycles. The molecule has 3 rings (SSSR count). The summed E-state index contributed by atoms with van der Waals surface area (Å²) in [6.45, 7) is 2.07. The summed E-state index contributed by atoms with van der Waals surface area (Å²) in [5.41, 5.74) is 5.64. The summed E-state index contributed by atoms with van der Waals surface area (Å²) in [6, 6.07) is 15.0. The zero-order valence-corrected chi connectivity index (χ0v) is 17.5. The third-order valence-corrected chi connectivity index (χ3v) is 6.73. The maximum Gasteiger partial charge on any atom is 0.250 e. The Labute approximate surface area is 175 Å². The molecule has 0 aliphatic heterocycles. The average molecular weight is 431 g/mol. The predicted octanol–water partition coefficient (Wildman–Crippen LogP) is 4.09. The lowest BCUT2D eigenvalue weighted by atomic mass is 10.2. The van der Waals surface area contributed by atoms with Crippen molar-refractivity contribution >= 4 is 47.0 Å². The molecule has 0 aliphatic carbocycles. The minimum absolute atomic E-state index is 0.151. The molecule has 1 amide bonds. The van der Waals surface area contributed by atoms with Crippen LogP contribution in [0.1, 0.15) is 16.7 Å². The van der Waals surface area contributed by atoms with Crippen LogP contribution in [0, 0.1) is 6.92 Å². The molecule has 0 fully saturated rings. The van der Waals surface area contributed by atoms with E-state index in [1.54, 1.807) is 36.0 Å². The molecule has 6 nitrogen and oxygen atoms in total. The molecule has 1 aromatic heterocycles. The fourth-order valence-electron chi connectivity index (χ4n) is 2.09. The van der Waals surface area contributed by atoms with Crippen LogP contribution in [0.3, 0.4) is 0 Å². The molecule has 0 radical (unpaired) electrons. The summed E-state index contributed by atoms with van der Waals surface area (Å²) < 4.78 is 1.63. The number of hydrogen-bond acceptors (Lipinski definition) is 8. The van der Waals surface area contributed by atoms with Crippen LogP contribution in [0.5, 0.6) is 5.75 Å². The molecule has 0 spiro atoms. The number of phenolic OH excluding ortho intramolecular Hbond substituents is 1. The molecule has 9 heteroatoms. The molecule has 0 aliphatic rings. The van der Waals surface area contributed by atoms with Gasteiger partial charge < -0.3 is 5.11 Å². The van der Waals surface area contributed by atoms with Gasteiger partial charge in [0.1, 0.15) is 5.75 Å². The second-order valence-electron chi connectivity index (χ2n) is 5.78. The van der Waals surface area contributed by atoms with Crippen molar-refractivity contribution in [1.82, 2.24) is 15.6 Å². The van der Waals surface area contributed by atoms with Crippen LogP contribution in [0.4, 0.5) is 0 Å². The Balaban J connectivity index is 1.41. The van der Waals surface area contributed by atoms with Gasteiger partial charge in [-0.3, -0.25) is 4.79 Å². The number of nitrogens with zero attached hydrogens (tertiary/aromatic N) is 3. The van der Waals surface area contributed by atoms with E-state index in [1.807, 2.05) is 0 Å². The van der Waals surface area contributed by atoms with Crippen LogP contribution in [0.2, 0.25) is 0 Å². The summed E-state index contributed by atoms with van der Waals surface area (Å²) in [7, 11) is 0. The second kappa shape index (κ2) is 10.3.